The van der Waals surface area contributed by atoms with Crippen LogP contribution in [0.3, 0.4) is 0 Å². The van der Waals surface area contributed by atoms with Crippen molar-refractivity contribution in [2.24, 2.45) is 5.92 Å². The highest BCUT2D eigenvalue weighted by atomic mass is 79.9. The molecule has 0 amide bonds. The first-order valence-electron chi connectivity index (χ1n) is 5.60. The van der Waals surface area contributed by atoms with Crippen LogP contribution in [0.5, 0.6) is 0 Å². The Hall–Kier alpha value is -1.01. The highest BCUT2D eigenvalue weighted by molar-refractivity contribution is 9.10. The van der Waals surface area contributed by atoms with Crippen molar-refractivity contribution < 1.29 is 4.39 Å². The van der Waals surface area contributed by atoms with E-state index >= 15 is 0 Å². The first-order chi connectivity index (χ1) is 8.50. The Morgan fingerprint density at radius 1 is 1.50 bits per heavy atom. The number of rotatable bonds is 3. The fraction of sp³-hybridized carbons (Fsp3) is 0.333. The molecule has 18 heavy (non-hydrogen) atoms. The second-order valence-electron chi connectivity index (χ2n) is 4.46. The van der Waals surface area contributed by atoms with Gasteiger partial charge in [0.25, 0.3) is 0 Å². The van der Waals surface area contributed by atoms with Crippen molar-refractivity contribution in [2.45, 2.75) is 20.4 Å². The number of halogens is 2. The van der Waals surface area contributed by atoms with Crippen molar-refractivity contribution >= 4 is 28.1 Å². The molecular weight excluding hydrogens is 317 g/mol. The maximum absolute atomic E-state index is 13.5. The van der Waals surface area contributed by atoms with Crippen molar-refractivity contribution in [3.05, 3.63) is 33.3 Å². The standard InChI is InChI=1S/C12H13BrFN3S/c1-7(2)6-17-11(15-16-12(17)18)8-4-3-5-9(14)10(8)13/h3-5,7H,6H2,1-2H3,(H,16,18). The normalized spacial score (nSPS) is 11.2. The largest absolute Gasteiger partial charge is 0.300 e. The van der Waals surface area contributed by atoms with Crippen LogP contribution in [0.2, 0.25) is 0 Å². The summed E-state index contributed by atoms with van der Waals surface area (Å²) in [4.78, 5) is 0. The van der Waals surface area contributed by atoms with Crippen LogP contribution in [0.15, 0.2) is 22.7 Å². The zero-order valence-corrected chi connectivity index (χ0v) is 12.5. The van der Waals surface area contributed by atoms with Gasteiger partial charge < -0.3 is 0 Å². The van der Waals surface area contributed by atoms with Gasteiger partial charge in [0, 0.05) is 12.1 Å². The summed E-state index contributed by atoms with van der Waals surface area (Å²) in [7, 11) is 0. The van der Waals surface area contributed by atoms with Gasteiger partial charge in [0.15, 0.2) is 10.6 Å². The smallest absolute Gasteiger partial charge is 0.195 e. The Morgan fingerprint density at radius 2 is 2.22 bits per heavy atom. The number of benzene rings is 1. The van der Waals surface area contributed by atoms with E-state index in [0.29, 0.717) is 26.5 Å². The van der Waals surface area contributed by atoms with E-state index < -0.39 is 0 Å². The van der Waals surface area contributed by atoms with Gasteiger partial charge in [-0.05, 0) is 46.2 Å². The molecule has 1 aromatic carbocycles. The van der Waals surface area contributed by atoms with Crippen LogP contribution in [-0.4, -0.2) is 14.8 Å². The summed E-state index contributed by atoms with van der Waals surface area (Å²) in [5, 5.41) is 6.95. The quantitative estimate of drug-likeness (QED) is 0.857. The Balaban J connectivity index is 2.58. The first-order valence-corrected chi connectivity index (χ1v) is 6.80. The third-order valence-electron chi connectivity index (χ3n) is 2.50. The maximum atomic E-state index is 13.5. The van der Waals surface area contributed by atoms with Gasteiger partial charge in [-0.1, -0.05) is 19.9 Å². The van der Waals surface area contributed by atoms with E-state index in [4.69, 9.17) is 12.2 Å². The average molecular weight is 330 g/mol. The molecule has 0 aliphatic carbocycles. The molecule has 0 aliphatic heterocycles. The van der Waals surface area contributed by atoms with Crippen molar-refractivity contribution in [2.75, 3.05) is 0 Å². The summed E-state index contributed by atoms with van der Waals surface area (Å²) >= 11 is 8.45. The fourth-order valence-corrected chi connectivity index (χ4v) is 2.38. The SMILES string of the molecule is CC(C)Cn1c(-c2cccc(F)c2Br)n[nH]c1=S. The molecule has 0 radical (unpaired) electrons. The second-order valence-corrected chi connectivity index (χ2v) is 5.64. The summed E-state index contributed by atoms with van der Waals surface area (Å²) < 4.78 is 16.4. The maximum Gasteiger partial charge on any atom is 0.195 e. The van der Waals surface area contributed by atoms with Gasteiger partial charge in [-0.2, -0.15) is 5.10 Å². The lowest BCUT2D eigenvalue weighted by atomic mass is 10.2. The van der Waals surface area contributed by atoms with Gasteiger partial charge in [0.2, 0.25) is 0 Å². The molecule has 0 atom stereocenters. The molecule has 0 aliphatic rings. The van der Waals surface area contributed by atoms with Crippen LogP contribution in [0, 0.1) is 16.5 Å². The summed E-state index contributed by atoms with van der Waals surface area (Å²) in [6, 6.07) is 4.88. The van der Waals surface area contributed by atoms with Gasteiger partial charge in [0.05, 0.1) is 4.47 Å². The van der Waals surface area contributed by atoms with Crippen LogP contribution in [-0.2, 0) is 6.54 Å². The molecule has 2 rings (SSSR count). The molecule has 3 nitrogen and oxygen atoms in total. The number of nitrogens with zero attached hydrogens (tertiary/aromatic N) is 2. The molecule has 0 unspecified atom stereocenters. The van der Waals surface area contributed by atoms with Gasteiger partial charge in [-0.3, -0.25) is 9.67 Å². The van der Waals surface area contributed by atoms with Crippen LogP contribution < -0.4 is 0 Å². The molecule has 0 fully saturated rings. The summed E-state index contributed by atoms with van der Waals surface area (Å²) in [5.41, 5.74) is 0.697. The molecule has 0 spiro atoms. The van der Waals surface area contributed by atoms with Crippen LogP contribution >= 0.6 is 28.1 Å². The minimum atomic E-state index is -0.308. The molecule has 2 aromatic rings. The zero-order chi connectivity index (χ0) is 13.3. The molecule has 0 bridgehead atoms. The lowest BCUT2D eigenvalue weighted by Crippen LogP contribution is -2.06. The highest BCUT2D eigenvalue weighted by Gasteiger charge is 2.14. The summed E-state index contributed by atoms with van der Waals surface area (Å²) in [6.07, 6.45) is 0. The first kappa shape index (κ1) is 13.4. The van der Waals surface area contributed by atoms with Gasteiger partial charge >= 0.3 is 0 Å². The topological polar surface area (TPSA) is 33.6 Å². The molecule has 6 heteroatoms. The predicted octanol–water partition coefficient (Wildman–Crippen LogP) is 4.17. The van der Waals surface area contributed by atoms with Gasteiger partial charge in [-0.15, -0.1) is 0 Å². The molecule has 1 aromatic heterocycles. The lowest BCUT2D eigenvalue weighted by molar-refractivity contribution is 0.521. The Kier molecular flexibility index (Phi) is 3.97. The third kappa shape index (κ3) is 2.54. The number of aromatic amines is 1. The summed E-state index contributed by atoms with van der Waals surface area (Å²) in [5.74, 6) is 0.776. The lowest BCUT2D eigenvalue weighted by Gasteiger charge is -2.10. The Bertz CT molecular complexity index is 618. The zero-order valence-electron chi connectivity index (χ0n) is 10.1. The number of hydrogen-bond acceptors (Lipinski definition) is 2. The molecule has 0 saturated carbocycles. The number of aromatic nitrogens is 3. The van der Waals surface area contributed by atoms with Gasteiger partial charge in [0.1, 0.15) is 5.82 Å². The average Bonchev–Trinajstić information content (AvgIpc) is 2.64. The Labute approximate surface area is 118 Å². The molecule has 96 valence electrons. The number of nitrogens with one attached hydrogen (secondary N) is 1. The van der Waals surface area contributed by atoms with Crippen molar-refractivity contribution in [1.29, 1.82) is 0 Å². The monoisotopic (exact) mass is 329 g/mol. The van der Waals surface area contributed by atoms with E-state index in [-0.39, 0.29) is 5.82 Å². The highest BCUT2D eigenvalue weighted by Crippen LogP contribution is 2.29. The van der Waals surface area contributed by atoms with Crippen molar-refractivity contribution in [3.63, 3.8) is 0 Å². The molecular formula is C12H13BrFN3S. The molecule has 1 N–H and O–H groups in total. The predicted molar refractivity (Wildman–Crippen MR) is 75.3 cm³/mol. The minimum Gasteiger partial charge on any atom is -0.300 e. The van der Waals surface area contributed by atoms with Crippen molar-refractivity contribution in [3.8, 4) is 11.4 Å². The van der Waals surface area contributed by atoms with Crippen LogP contribution in [0.1, 0.15) is 13.8 Å². The van der Waals surface area contributed by atoms with E-state index in [0.717, 1.165) is 6.54 Å². The van der Waals surface area contributed by atoms with Gasteiger partial charge in [-0.25, -0.2) is 4.39 Å². The fourth-order valence-electron chi connectivity index (χ4n) is 1.73. The van der Waals surface area contributed by atoms with E-state index in [1.165, 1.54) is 6.07 Å². The Morgan fingerprint density at radius 3 is 2.89 bits per heavy atom. The van der Waals surface area contributed by atoms with Crippen molar-refractivity contribution in [1.82, 2.24) is 14.8 Å². The number of H-pyrrole nitrogens is 1. The van der Waals surface area contributed by atoms with E-state index in [9.17, 15) is 4.39 Å². The number of hydrogen-bond donors (Lipinski definition) is 1. The van der Waals surface area contributed by atoms with Crippen LogP contribution in [0.4, 0.5) is 4.39 Å². The second kappa shape index (κ2) is 5.32. The van der Waals surface area contributed by atoms with E-state index in [1.54, 1.807) is 6.07 Å². The van der Waals surface area contributed by atoms with Crippen LogP contribution in [0.25, 0.3) is 11.4 Å². The summed E-state index contributed by atoms with van der Waals surface area (Å²) in [6.45, 7) is 4.94. The van der Waals surface area contributed by atoms with E-state index in [2.05, 4.69) is 40.0 Å². The van der Waals surface area contributed by atoms with E-state index in [1.807, 2.05) is 10.6 Å². The third-order valence-corrected chi connectivity index (χ3v) is 3.62. The minimum absolute atomic E-state index is 0.308. The molecule has 0 saturated heterocycles. The molecule has 1 heterocycles.